The Hall–Kier alpha value is -2.64. The van der Waals surface area contributed by atoms with Crippen LogP contribution in [0, 0.1) is 0 Å². The average molecular weight is 342 g/mol. The molecule has 6 nitrogen and oxygen atoms in total. The minimum atomic E-state index is -0.461. The highest BCUT2D eigenvalue weighted by atomic mass is 32.2. The molecule has 1 aliphatic heterocycles. The van der Waals surface area contributed by atoms with Gasteiger partial charge in [0.05, 0.1) is 23.5 Å². The van der Waals surface area contributed by atoms with Crippen molar-refractivity contribution in [2.45, 2.75) is 11.5 Å². The van der Waals surface area contributed by atoms with Crippen molar-refractivity contribution in [1.29, 1.82) is 0 Å². The lowest BCUT2D eigenvalue weighted by atomic mass is 10.1. The number of carbonyl (C=O) groups excluding carboxylic acids is 3. The van der Waals surface area contributed by atoms with Gasteiger partial charge in [0.25, 0.3) is 11.8 Å². The second kappa shape index (κ2) is 6.86. The van der Waals surface area contributed by atoms with Gasteiger partial charge in [0.1, 0.15) is 0 Å². The number of carbonyl (C=O) groups is 3. The van der Waals surface area contributed by atoms with Crippen LogP contribution in [0.3, 0.4) is 0 Å². The normalized spacial score (nSPS) is 12.7. The molecular formula is C17H14N2O4S. The zero-order valence-corrected chi connectivity index (χ0v) is 13.4. The molecule has 0 aromatic heterocycles. The third kappa shape index (κ3) is 3.32. The van der Waals surface area contributed by atoms with E-state index in [1.54, 1.807) is 12.1 Å². The van der Waals surface area contributed by atoms with E-state index in [2.05, 4.69) is 10.6 Å². The van der Waals surface area contributed by atoms with Crippen molar-refractivity contribution in [3.8, 4) is 0 Å². The van der Waals surface area contributed by atoms with E-state index in [1.807, 2.05) is 18.2 Å². The van der Waals surface area contributed by atoms with Crippen LogP contribution >= 0.6 is 11.8 Å². The minimum Gasteiger partial charge on any atom is -0.392 e. The maximum atomic E-state index is 12.1. The highest BCUT2D eigenvalue weighted by Gasteiger charge is 2.26. The van der Waals surface area contributed by atoms with E-state index in [0.717, 1.165) is 10.5 Å². The summed E-state index contributed by atoms with van der Waals surface area (Å²) in [5, 5.41) is 14.2. The molecule has 0 bridgehead atoms. The summed E-state index contributed by atoms with van der Waals surface area (Å²) in [5.74, 6) is -0.960. The first-order valence-electron chi connectivity index (χ1n) is 7.19. The van der Waals surface area contributed by atoms with E-state index in [4.69, 9.17) is 0 Å². The zero-order valence-electron chi connectivity index (χ0n) is 12.5. The third-order valence-electron chi connectivity index (χ3n) is 3.52. The fraction of sp³-hybridized carbons (Fsp3) is 0.118. The fourth-order valence-electron chi connectivity index (χ4n) is 2.36. The van der Waals surface area contributed by atoms with Gasteiger partial charge in [-0.1, -0.05) is 18.2 Å². The van der Waals surface area contributed by atoms with Crippen LogP contribution in [0.15, 0.2) is 47.4 Å². The molecular weight excluding hydrogens is 328 g/mol. The van der Waals surface area contributed by atoms with E-state index in [1.165, 1.54) is 23.9 Å². The molecule has 3 N–H and O–H groups in total. The summed E-state index contributed by atoms with van der Waals surface area (Å²) >= 11 is 1.32. The molecule has 0 aliphatic carbocycles. The first-order chi connectivity index (χ1) is 11.6. The Morgan fingerprint density at radius 2 is 1.83 bits per heavy atom. The summed E-state index contributed by atoms with van der Waals surface area (Å²) in [7, 11) is 0. The highest BCUT2D eigenvalue weighted by molar-refractivity contribution is 8.00. The number of hydrogen-bond donors (Lipinski definition) is 3. The summed E-state index contributed by atoms with van der Waals surface area (Å²) < 4.78 is 0. The summed E-state index contributed by atoms with van der Waals surface area (Å²) in [4.78, 5) is 36.0. The number of fused-ring (bicyclic) bond motifs is 1. The van der Waals surface area contributed by atoms with Crippen molar-refractivity contribution in [3.63, 3.8) is 0 Å². The van der Waals surface area contributed by atoms with Crippen LogP contribution in [-0.4, -0.2) is 28.6 Å². The maximum absolute atomic E-state index is 12.1. The predicted molar refractivity (Wildman–Crippen MR) is 90.0 cm³/mol. The van der Waals surface area contributed by atoms with Crippen molar-refractivity contribution in [2.75, 3.05) is 11.1 Å². The number of rotatable bonds is 5. The topological polar surface area (TPSA) is 95.5 Å². The van der Waals surface area contributed by atoms with Gasteiger partial charge in [-0.05, 0) is 29.8 Å². The molecule has 122 valence electrons. The summed E-state index contributed by atoms with van der Waals surface area (Å²) in [6, 6.07) is 11.9. The Labute approximate surface area is 142 Å². The Kier molecular flexibility index (Phi) is 4.64. The standard InChI is InChI=1S/C17H14N2O4S/c20-8-10-3-1-2-4-14(10)24-9-15(21)18-11-5-6-12-13(7-11)17(23)19-16(12)22/h1-7,20H,8-9H2,(H,18,21)(H,19,22,23). The lowest BCUT2D eigenvalue weighted by Gasteiger charge is -2.08. The largest absolute Gasteiger partial charge is 0.392 e. The monoisotopic (exact) mass is 342 g/mol. The van der Waals surface area contributed by atoms with E-state index in [9.17, 15) is 19.5 Å². The lowest BCUT2D eigenvalue weighted by Crippen LogP contribution is -2.19. The van der Waals surface area contributed by atoms with Crippen molar-refractivity contribution in [2.24, 2.45) is 0 Å². The molecule has 0 fully saturated rings. The van der Waals surface area contributed by atoms with Gasteiger partial charge in [-0.25, -0.2) is 0 Å². The molecule has 3 rings (SSSR count). The highest BCUT2D eigenvalue weighted by Crippen LogP contribution is 2.24. The molecule has 1 heterocycles. The number of benzene rings is 2. The summed E-state index contributed by atoms with van der Waals surface area (Å²) in [6.07, 6.45) is 0. The Morgan fingerprint density at radius 1 is 1.08 bits per heavy atom. The maximum Gasteiger partial charge on any atom is 0.259 e. The summed E-state index contributed by atoms with van der Waals surface area (Å²) in [6.45, 7) is -0.0846. The number of aliphatic hydroxyl groups excluding tert-OH is 1. The second-order valence-electron chi connectivity index (χ2n) is 5.15. The van der Waals surface area contributed by atoms with Crippen LogP contribution < -0.4 is 10.6 Å². The van der Waals surface area contributed by atoms with Gasteiger partial charge in [0, 0.05) is 10.6 Å². The van der Waals surface area contributed by atoms with E-state index >= 15 is 0 Å². The van der Waals surface area contributed by atoms with Gasteiger partial charge in [0.2, 0.25) is 5.91 Å². The molecule has 2 aromatic carbocycles. The van der Waals surface area contributed by atoms with Crippen LogP contribution in [0.25, 0.3) is 0 Å². The molecule has 7 heteroatoms. The average Bonchev–Trinajstić information content (AvgIpc) is 2.87. The summed E-state index contributed by atoms with van der Waals surface area (Å²) in [5.41, 5.74) is 1.79. The molecule has 0 atom stereocenters. The third-order valence-corrected chi connectivity index (χ3v) is 4.64. The van der Waals surface area contributed by atoms with Gasteiger partial charge in [-0.2, -0.15) is 0 Å². The van der Waals surface area contributed by atoms with Gasteiger partial charge in [-0.3, -0.25) is 19.7 Å². The number of nitrogens with one attached hydrogen (secondary N) is 2. The molecule has 0 spiro atoms. The second-order valence-corrected chi connectivity index (χ2v) is 6.16. The molecule has 1 aliphatic rings. The van der Waals surface area contributed by atoms with Crippen LogP contribution in [0.1, 0.15) is 26.3 Å². The lowest BCUT2D eigenvalue weighted by molar-refractivity contribution is -0.113. The molecule has 0 saturated carbocycles. The van der Waals surface area contributed by atoms with E-state index in [-0.39, 0.29) is 23.8 Å². The SMILES string of the molecule is O=C(CSc1ccccc1CO)Nc1ccc2c(c1)C(=O)NC2=O. The van der Waals surface area contributed by atoms with Gasteiger partial charge < -0.3 is 10.4 Å². The van der Waals surface area contributed by atoms with Crippen LogP contribution in [0.2, 0.25) is 0 Å². The number of amides is 3. The Morgan fingerprint density at radius 3 is 2.62 bits per heavy atom. The van der Waals surface area contributed by atoms with Crippen molar-refractivity contribution in [1.82, 2.24) is 5.32 Å². The van der Waals surface area contributed by atoms with Gasteiger partial charge in [-0.15, -0.1) is 11.8 Å². The quantitative estimate of drug-likeness (QED) is 0.569. The Bertz CT molecular complexity index is 835. The molecule has 24 heavy (non-hydrogen) atoms. The smallest absolute Gasteiger partial charge is 0.259 e. The molecule has 2 aromatic rings. The van der Waals surface area contributed by atoms with Crippen molar-refractivity contribution >= 4 is 35.2 Å². The number of anilines is 1. The molecule has 0 radical (unpaired) electrons. The number of aliphatic hydroxyl groups is 1. The first-order valence-corrected chi connectivity index (χ1v) is 8.18. The van der Waals surface area contributed by atoms with Crippen molar-refractivity contribution < 1.29 is 19.5 Å². The Balaban J connectivity index is 1.65. The zero-order chi connectivity index (χ0) is 17.1. The molecule has 0 unspecified atom stereocenters. The van der Waals surface area contributed by atoms with E-state index < -0.39 is 11.8 Å². The minimum absolute atomic E-state index is 0.0846. The molecule has 3 amide bonds. The van der Waals surface area contributed by atoms with Gasteiger partial charge in [0.15, 0.2) is 0 Å². The molecule has 0 saturated heterocycles. The van der Waals surface area contributed by atoms with Crippen LogP contribution in [0.5, 0.6) is 0 Å². The first kappa shape index (κ1) is 16.2. The number of hydrogen-bond acceptors (Lipinski definition) is 5. The fourth-order valence-corrected chi connectivity index (χ4v) is 3.21. The van der Waals surface area contributed by atoms with Crippen LogP contribution in [0.4, 0.5) is 5.69 Å². The van der Waals surface area contributed by atoms with Gasteiger partial charge >= 0.3 is 0 Å². The van der Waals surface area contributed by atoms with Crippen molar-refractivity contribution in [3.05, 3.63) is 59.2 Å². The number of imide groups is 1. The number of thioether (sulfide) groups is 1. The predicted octanol–water partition coefficient (Wildman–Crippen LogP) is 1.79. The van der Waals surface area contributed by atoms with E-state index in [0.29, 0.717) is 11.3 Å². The van der Waals surface area contributed by atoms with Crippen LogP contribution in [-0.2, 0) is 11.4 Å².